The van der Waals surface area contributed by atoms with Crippen molar-refractivity contribution in [3.05, 3.63) is 35.9 Å². The second-order valence-electron chi connectivity index (χ2n) is 3.21. The van der Waals surface area contributed by atoms with Gasteiger partial charge in [-0.05, 0) is 5.56 Å². The number of rotatable bonds is 6. The summed E-state index contributed by atoms with van der Waals surface area (Å²) in [5.74, 6) is 0. The minimum absolute atomic E-state index is 0. The monoisotopic (exact) mass is 359 g/mol. The van der Waals surface area contributed by atoms with Crippen molar-refractivity contribution < 1.29 is 10.2 Å². The molecule has 94 valence electrons. The van der Waals surface area contributed by atoms with Crippen molar-refractivity contribution in [2.45, 2.75) is 6.54 Å². The molecule has 0 atom stereocenters. The van der Waals surface area contributed by atoms with Gasteiger partial charge >= 0.3 is 0 Å². The Morgan fingerprint density at radius 1 is 0.938 bits per heavy atom. The van der Waals surface area contributed by atoms with Crippen molar-refractivity contribution in [3.8, 4) is 0 Å². The highest BCUT2D eigenvalue weighted by Gasteiger charge is 2.03. The average molecular weight is 360 g/mol. The summed E-state index contributed by atoms with van der Waals surface area (Å²) in [7, 11) is 0. The summed E-state index contributed by atoms with van der Waals surface area (Å²) in [6.45, 7) is 2.26. The molecule has 0 aliphatic rings. The number of halogens is 2. The van der Waals surface area contributed by atoms with Gasteiger partial charge in [0.2, 0.25) is 0 Å². The Kier molecular flexibility index (Phi) is 13.4. The molecule has 0 aromatic heterocycles. The van der Waals surface area contributed by atoms with E-state index in [1.54, 1.807) is 0 Å². The van der Waals surface area contributed by atoms with E-state index in [1.807, 2.05) is 35.2 Å². The van der Waals surface area contributed by atoms with Crippen LogP contribution in [0.5, 0.6) is 0 Å². The first-order chi connectivity index (χ1) is 6.86. The van der Waals surface area contributed by atoms with Crippen molar-refractivity contribution in [1.82, 2.24) is 4.90 Å². The Morgan fingerprint density at radius 3 is 1.88 bits per heavy atom. The van der Waals surface area contributed by atoms with E-state index in [0.717, 1.165) is 6.54 Å². The van der Waals surface area contributed by atoms with Gasteiger partial charge in [-0.15, -0.1) is 36.4 Å². The van der Waals surface area contributed by atoms with E-state index >= 15 is 0 Å². The van der Waals surface area contributed by atoms with E-state index in [1.165, 1.54) is 5.56 Å². The zero-order valence-corrected chi connectivity index (χ0v) is 12.2. The molecule has 1 rings (SSSR count). The molecule has 0 saturated heterocycles. The van der Waals surface area contributed by atoms with Crippen molar-refractivity contribution >= 4 is 36.4 Å². The van der Waals surface area contributed by atoms with E-state index in [2.05, 4.69) is 0 Å². The first-order valence-electron chi connectivity index (χ1n) is 4.85. The van der Waals surface area contributed by atoms with Crippen LogP contribution < -0.4 is 0 Å². The molecular formula is C11H19ClINO2. The lowest BCUT2D eigenvalue weighted by Crippen LogP contribution is -2.29. The summed E-state index contributed by atoms with van der Waals surface area (Å²) in [5.41, 5.74) is 1.20. The molecule has 0 radical (unpaired) electrons. The normalized spacial score (nSPS) is 9.44. The Hall–Kier alpha value is 0.120. The van der Waals surface area contributed by atoms with Crippen LogP contribution in [0.25, 0.3) is 0 Å². The van der Waals surface area contributed by atoms with Gasteiger partial charge in [-0.2, -0.15) is 0 Å². The fraction of sp³-hybridized carbons (Fsp3) is 0.455. The smallest absolute Gasteiger partial charge is 0.0558 e. The average Bonchev–Trinajstić information content (AvgIpc) is 2.20. The molecule has 0 unspecified atom stereocenters. The van der Waals surface area contributed by atoms with Gasteiger partial charge in [0.15, 0.2) is 0 Å². The number of hydrogen-bond acceptors (Lipinski definition) is 3. The van der Waals surface area contributed by atoms with Crippen LogP contribution in [-0.4, -0.2) is 41.4 Å². The molecule has 5 heteroatoms. The molecule has 16 heavy (non-hydrogen) atoms. The van der Waals surface area contributed by atoms with Crippen LogP contribution in [0.15, 0.2) is 30.3 Å². The van der Waals surface area contributed by atoms with Gasteiger partial charge in [-0.3, -0.25) is 4.90 Å². The van der Waals surface area contributed by atoms with Crippen molar-refractivity contribution in [3.63, 3.8) is 0 Å². The van der Waals surface area contributed by atoms with Crippen molar-refractivity contribution in [2.24, 2.45) is 0 Å². The van der Waals surface area contributed by atoms with Crippen LogP contribution in [0.4, 0.5) is 0 Å². The third-order valence-corrected chi connectivity index (χ3v) is 2.08. The van der Waals surface area contributed by atoms with Crippen LogP contribution in [0.1, 0.15) is 5.56 Å². The summed E-state index contributed by atoms with van der Waals surface area (Å²) >= 11 is 0. The van der Waals surface area contributed by atoms with Crippen LogP contribution in [0, 0.1) is 0 Å². The van der Waals surface area contributed by atoms with Crippen LogP contribution in [0.2, 0.25) is 0 Å². The maximum absolute atomic E-state index is 8.82. The first-order valence-corrected chi connectivity index (χ1v) is 4.85. The zero-order valence-electron chi connectivity index (χ0n) is 9.08. The van der Waals surface area contributed by atoms with Gasteiger partial charge in [0.05, 0.1) is 13.2 Å². The fourth-order valence-corrected chi connectivity index (χ4v) is 1.39. The van der Waals surface area contributed by atoms with E-state index in [4.69, 9.17) is 10.2 Å². The molecule has 3 nitrogen and oxygen atoms in total. The van der Waals surface area contributed by atoms with E-state index in [-0.39, 0.29) is 49.6 Å². The topological polar surface area (TPSA) is 43.7 Å². The van der Waals surface area contributed by atoms with Gasteiger partial charge in [0, 0.05) is 19.6 Å². The Balaban J connectivity index is 0. The van der Waals surface area contributed by atoms with Gasteiger partial charge in [-0.25, -0.2) is 0 Å². The largest absolute Gasteiger partial charge is 0.395 e. The van der Waals surface area contributed by atoms with Gasteiger partial charge in [0.1, 0.15) is 0 Å². The molecule has 0 saturated carbocycles. The maximum atomic E-state index is 8.82. The van der Waals surface area contributed by atoms with Gasteiger partial charge in [0.25, 0.3) is 0 Å². The van der Waals surface area contributed by atoms with E-state index in [0.29, 0.717) is 13.1 Å². The molecule has 0 spiro atoms. The molecule has 0 fully saturated rings. The lowest BCUT2D eigenvalue weighted by Gasteiger charge is -2.19. The lowest BCUT2D eigenvalue weighted by molar-refractivity contribution is 0.156. The predicted octanol–water partition coefficient (Wildman–Crippen LogP) is 1.51. The highest BCUT2D eigenvalue weighted by atomic mass is 127. The Morgan fingerprint density at radius 2 is 1.44 bits per heavy atom. The molecule has 0 amide bonds. The standard InChI is InChI=1S/C11H17NO2.ClH.HI/c13-8-6-12(7-9-14)10-11-4-2-1-3-5-11;;/h1-5,13-14H,6-10H2;2*1H. The lowest BCUT2D eigenvalue weighted by atomic mass is 10.2. The minimum Gasteiger partial charge on any atom is -0.395 e. The molecule has 1 aromatic rings. The van der Waals surface area contributed by atoms with Gasteiger partial charge in [-0.1, -0.05) is 30.3 Å². The Bertz CT molecular complexity index is 243. The number of aliphatic hydroxyl groups is 2. The summed E-state index contributed by atoms with van der Waals surface area (Å²) in [6.07, 6.45) is 0. The molecule has 0 heterocycles. The van der Waals surface area contributed by atoms with Crippen molar-refractivity contribution in [1.29, 1.82) is 0 Å². The number of nitrogens with zero attached hydrogens (tertiary/aromatic N) is 1. The minimum atomic E-state index is 0. The molecular weight excluding hydrogens is 340 g/mol. The summed E-state index contributed by atoms with van der Waals surface area (Å²) in [4.78, 5) is 2.02. The second kappa shape index (κ2) is 11.6. The third kappa shape index (κ3) is 7.40. The number of hydrogen-bond donors (Lipinski definition) is 2. The molecule has 0 aliphatic heterocycles. The highest BCUT2D eigenvalue weighted by molar-refractivity contribution is 14.0. The Labute approximate surface area is 120 Å². The molecule has 2 N–H and O–H groups in total. The van der Waals surface area contributed by atoms with E-state index in [9.17, 15) is 0 Å². The quantitative estimate of drug-likeness (QED) is 0.757. The SMILES string of the molecule is Cl.I.OCCN(CCO)Cc1ccccc1. The predicted molar refractivity (Wildman–Crippen MR) is 78.6 cm³/mol. The van der Waals surface area contributed by atoms with Crippen molar-refractivity contribution in [2.75, 3.05) is 26.3 Å². The fourth-order valence-electron chi connectivity index (χ4n) is 1.39. The summed E-state index contributed by atoms with van der Waals surface area (Å²) in [5, 5.41) is 17.6. The van der Waals surface area contributed by atoms with Crippen LogP contribution >= 0.6 is 36.4 Å². The second-order valence-corrected chi connectivity index (χ2v) is 3.21. The summed E-state index contributed by atoms with van der Waals surface area (Å²) < 4.78 is 0. The third-order valence-electron chi connectivity index (χ3n) is 2.08. The zero-order chi connectivity index (χ0) is 10.2. The maximum Gasteiger partial charge on any atom is 0.0558 e. The molecule has 0 bridgehead atoms. The van der Waals surface area contributed by atoms with Crippen LogP contribution in [-0.2, 0) is 6.54 Å². The first kappa shape index (κ1) is 18.5. The summed E-state index contributed by atoms with van der Waals surface area (Å²) in [6, 6.07) is 10.0. The van der Waals surface area contributed by atoms with Crippen LogP contribution in [0.3, 0.4) is 0 Å². The highest BCUT2D eigenvalue weighted by Crippen LogP contribution is 2.03. The van der Waals surface area contributed by atoms with E-state index < -0.39 is 0 Å². The van der Waals surface area contributed by atoms with Gasteiger partial charge < -0.3 is 10.2 Å². The number of aliphatic hydroxyl groups excluding tert-OH is 2. The molecule has 1 aromatic carbocycles. The molecule has 0 aliphatic carbocycles. The number of benzene rings is 1.